The topological polar surface area (TPSA) is 49.3 Å². The molecular formula is C29H36N4S. The summed E-state index contributed by atoms with van der Waals surface area (Å²) in [5, 5.41) is 8.37. The maximum atomic E-state index is 4.32. The summed E-state index contributed by atoms with van der Waals surface area (Å²) in [6, 6.07) is 8.47. The largest absolute Gasteiger partial charge is 0.388 e. The molecule has 0 saturated heterocycles. The molecule has 0 bridgehead atoms. The number of hydrogen-bond acceptors (Lipinski definition) is 5. The fourth-order valence-electron chi connectivity index (χ4n) is 2.98. The first-order valence-electron chi connectivity index (χ1n) is 11.4. The number of pyridine rings is 1. The Labute approximate surface area is 209 Å². The number of nitrogens with zero attached hydrogens (tertiary/aromatic N) is 2. The lowest BCUT2D eigenvalue weighted by Gasteiger charge is -2.07. The minimum absolute atomic E-state index is 0.862. The lowest BCUT2D eigenvalue weighted by Crippen LogP contribution is -2.04. The normalized spacial score (nSPS) is 13.6. The Kier molecular flexibility index (Phi) is 11.1. The van der Waals surface area contributed by atoms with Crippen molar-refractivity contribution in [2.75, 3.05) is 26.5 Å². The van der Waals surface area contributed by atoms with E-state index >= 15 is 0 Å². The molecule has 4 nitrogen and oxygen atoms in total. The number of allylic oxidation sites excluding steroid dienone is 7. The quantitative estimate of drug-likeness (QED) is 0.225. The average molecular weight is 473 g/mol. The van der Waals surface area contributed by atoms with Crippen LogP contribution >= 0.6 is 11.8 Å². The summed E-state index contributed by atoms with van der Waals surface area (Å²) in [6.45, 7) is 11.9. The molecule has 2 aromatic rings. The third-order valence-electron chi connectivity index (χ3n) is 5.22. The summed E-state index contributed by atoms with van der Waals surface area (Å²) in [5.41, 5.74) is 7.61. The van der Waals surface area contributed by atoms with Gasteiger partial charge in [-0.05, 0) is 60.9 Å². The second-order valence-corrected chi connectivity index (χ2v) is 8.58. The van der Waals surface area contributed by atoms with Crippen LogP contribution in [0.15, 0.2) is 101 Å². The van der Waals surface area contributed by atoms with E-state index in [-0.39, 0.29) is 0 Å². The van der Waals surface area contributed by atoms with Crippen molar-refractivity contribution >= 4 is 38.8 Å². The second kappa shape index (κ2) is 14.1. The molecule has 1 aromatic carbocycles. The SMILES string of the molecule is C/C=C(/SC=NC)c1ccc2cnc(NC)cc2c1.C=C(/C=C\C(C=C1CC1)=C/C)C(=C)NC. The van der Waals surface area contributed by atoms with E-state index < -0.39 is 0 Å². The second-order valence-electron chi connectivity index (χ2n) is 7.69. The Morgan fingerprint density at radius 2 is 1.82 bits per heavy atom. The van der Waals surface area contributed by atoms with E-state index in [1.807, 2.05) is 38.8 Å². The van der Waals surface area contributed by atoms with E-state index in [1.54, 1.807) is 18.8 Å². The number of rotatable bonds is 9. The zero-order chi connectivity index (χ0) is 24.9. The van der Waals surface area contributed by atoms with Crippen LogP contribution in [0.1, 0.15) is 32.3 Å². The van der Waals surface area contributed by atoms with E-state index in [1.165, 1.54) is 39.8 Å². The molecule has 0 unspecified atom stereocenters. The summed E-state index contributed by atoms with van der Waals surface area (Å²) >= 11 is 1.63. The molecule has 178 valence electrons. The van der Waals surface area contributed by atoms with Crippen molar-refractivity contribution in [1.29, 1.82) is 0 Å². The van der Waals surface area contributed by atoms with Gasteiger partial charge in [-0.15, -0.1) is 0 Å². The number of fused-ring (bicyclic) bond motifs is 1. The van der Waals surface area contributed by atoms with E-state index in [0.29, 0.717) is 0 Å². The first-order valence-corrected chi connectivity index (χ1v) is 12.2. The monoisotopic (exact) mass is 472 g/mol. The van der Waals surface area contributed by atoms with Crippen LogP contribution in [0, 0.1) is 0 Å². The molecule has 5 heteroatoms. The van der Waals surface area contributed by atoms with Gasteiger partial charge >= 0.3 is 0 Å². The maximum absolute atomic E-state index is 4.32. The lowest BCUT2D eigenvalue weighted by atomic mass is 10.1. The van der Waals surface area contributed by atoms with E-state index in [2.05, 4.69) is 89.3 Å². The van der Waals surface area contributed by atoms with Gasteiger partial charge < -0.3 is 10.6 Å². The third kappa shape index (κ3) is 8.56. The molecule has 1 aliphatic carbocycles. The minimum atomic E-state index is 0.862. The molecule has 2 N–H and O–H groups in total. The molecule has 0 radical (unpaired) electrons. The molecule has 0 amide bonds. The molecule has 1 saturated carbocycles. The van der Waals surface area contributed by atoms with Crippen molar-refractivity contribution in [3.05, 3.63) is 102 Å². The lowest BCUT2D eigenvalue weighted by molar-refractivity contribution is 1.02. The van der Waals surface area contributed by atoms with Crippen LogP contribution < -0.4 is 10.6 Å². The number of nitrogens with one attached hydrogen (secondary N) is 2. The first-order chi connectivity index (χ1) is 16.4. The highest BCUT2D eigenvalue weighted by molar-refractivity contribution is 8.20. The molecule has 0 atom stereocenters. The van der Waals surface area contributed by atoms with Gasteiger partial charge in [0.25, 0.3) is 0 Å². The van der Waals surface area contributed by atoms with Crippen LogP contribution in [0.5, 0.6) is 0 Å². The fraction of sp³-hybridized carbons (Fsp3) is 0.241. The molecular weight excluding hydrogens is 436 g/mol. The number of hydrogen-bond donors (Lipinski definition) is 2. The number of benzene rings is 1. The van der Waals surface area contributed by atoms with Crippen LogP contribution in [0.3, 0.4) is 0 Å². The Balaban J connectivity index is 0.000000248. The van der Waals surface area contributed by atoms with Gasteiger partial charge in [0.05, 0.1) is 5.55 Å². The molecule has 1 fully saturated rings. The summed E-state index contributed by atoms with van der Waals surface area (Å²) in [5.74, 6) is 0.884. The summed E-state index contributed by atoms with van der Waals surface area (Å²) < 4.78 is 0. The van der Waals surface area contributed by atoms with Crippen molar-refractivity contribution in [2.45, 2.75) is 26.7 Å². The van der Waals surface area contributed by atoms with Gasteiger partial charge in [0.2, 0.25) is 0 Å². The van der Waals surface area contributed by atoms with Crippen molar-refractivity contribution in [3.63, 3.8) is 0 Å². The Bertz CT molecular complexity index is 1160. The number of thioether (sulfide) groups is 1. The van der Waals surface area contributed by atoms with Crippen LogP contribution in [-0.2, 0) is 0 Å². The van der Waals surface area contributed by atoms with Gasteiger partial charge in [0.15, 0.2) is 0 Å². The van der Waals surface area contributed by atoms with Crippen LogP contribution in [0.4, 0.5) is 5.82 Å². The van der Waals surface area contributed by atoms with Gasteiger partial charge in [0.1, 0.15) is 5.82 Å². The van der Waals surface area contributed by atoms with Crippen molar-refractivity contribution in [1.82, 2.24) is 10.3 Å². The molecule has 3 rings (SSSR count). The number of likely N-dealkylation sites (N-methyl/N-ethyl adjacent to an activating group) is 1. The predicted octanol–water partition coefficient (Wildman–Crippen LogP) is 7.53. The van der Waals surface area contributed by atoms with E-state index in [4.69, 9.17) is 0 Å². The van der Waals surface area contributed by atoms with Crippen LogP contribution in [0.25, 0.3) is 15.7 Å². The molecule has 1 aliphatic rings. The van der Waals surface area contributed by atoms with Crippen molar-refractivity contribution < 1.29 is 0 Å². The summed E-state index contributed by atoms with van der Waals surface area (Å²) in [6.07, 6.45) is 14.9. The fourth-order valence-corrected chi connectivity index (χ4v) is 3.60. The first kappa shape index (κ1) is 26.9. The standard InChI is InChI=1S/C15H17N3S.C14H19N/c1-4-14(19-10-16-2)11-5-6-12-9-18-15(17-3)8-13(12)7-11;1-5-13(10-14-8-9-14)7-6-11(2)12(3)15-4/h4-10H,1-3H3,(H,17,18);5-7,10,15H,2-3,8-9H2,1,4H3/b14-4+,16-10?;7-6-,13-5+. The maximum Gasteiger partial charge on any atom is 0.126 e. The number of aliphatic imine (C=N–C) groups is 1. The van der Waals surface area contributed by atoms with Gasteiger partial charge in [-0.1, -0.05) is 73.0 Å². The zero-order valence-corrected chi connectivity index (χ0v) is 21.8. The number of anilines is 1. The van der Waals surface area contributed by atoms with Crippen molar-refractivity contribution in [2.24, 2.45) is 4.99 Å². The summed E-state index contributed by atoms with van der Waals surface area (Å²) in [4.78, 5) is 9.54. The smallest absolute Gasteiger partial charge is 0.126 e. The minimum Gasteiger partial charge on any atom is -0.388 e. The van der Waals surface area contributed by atoms with Gasteiger partial charge in [-0.2, -0.15) is 0 Å². The highest BCUT2D eigenvalue weighted by Crippen LogP contribution is 2.30. The molecule has 34 heavy (non-hydrogen) atoms. The zero-order valence-electron chi connectivity index (χ0n) is 21.0. The Hall–Kier alpha value is -3.31. The average Bonchev–Trinajstić information content (AvgIpc) is 3.70. The van der Waals surface area contributed by atoms with E-state index in [9.17, 15) is 0 Å². The van der Waals surface area contributed by atoms with E-state index in [0.717, 1.165) is 22.5 Å². The van der Waals surface area contributed by atoms with Crippen molar-refractivity contribution in [3.8, 4) is 0 Å². The Morgan fingerprint density at radius 1 is 1.06 bits per heavy atom. The van der Waals surface area contributed by atoms with Gasteiger partial charge in [-0.25, -0.2) is 4.98 Å². The molecule has 0 aliphatic heterocycles. The molecule has 1 aromatic heterocycles. The summed E-state index contributed by atoms with van der Waals surface area (Å²) in [7, 11) is 5.51. The highest BCUT2D eigenvalue weighted by Gasteiger charge is 2.10. The highest BCUT2D eigenvalue weighted by atomic mass is 32.2. The van der Waals surface area contributed by atoms with Gasteiger partial charge in [-0.3, -0.25) is 4.99 Å². The third-order valence-corrected chi connectivity index (χ3v) is 6.26. The molecule has 1 heterocycles. The Morgan fingerprint density at radius 3 is 2.41 bits per heavy atom. The van der Waals surface area contributed by atoms with Crippen LogP contribution in [0.2, 0.25) is 0 Å². The number of aromatic nitrogens is 1. The van der Waals surface area contributed by atoms with Crippen LogP contribution in [-0.4, -0.2) is 31.7 Å². The van der Waals surface area contributed by atoms with Gasteiger partial charge in [0, 0.05) is 43.3 Å². The predicted molar refractivity (Wildman–Crippen MR) is 155 cm³/mol. The molecule has 0 spiro atoms.